The Bertz CT molecular complexity index is 934. The number of carboxylic acid groups (broad SMARTS) is 1. The van der Waals surface area contributed by atoms with E-state index in [4.69, 9.17) is 4.74 Å². The van der Waals surface area contributed by atoms with Gasteiger partial charge in [-0.25, -0.2) is 9.48 Å². The van der Waals surface area contributed by atoms with Crippen molar-refractivity contribution >= 4 is 21.9 Å². The highest BCUT2D eigenvalue weighted by atomic mass is 79.9. The standard InChI is InChI=1S/C19H17BrN2O3/c1-3-16-17(19(23)24)18(12-6-4-9-15(10-12)25-2)21-22(16)14-8-5-7-13(20)11-14/h4-11H,3H2,1-2H3,(H,23,24). The van der Waals surface area contributed by atoms with Crippen LogP contribution in [0.5, 0.6) is 5.75 Å². The summed E-state index contributed by atoms with van der Waals surface area (Å²) in [7, 11) is 1.58. The normalized spacial score (nSPS) is 10.7. The third kappa shape index (κ3) is 3.30. The van der Waals surface area contributed by atoms with Crippen molar-refractivity contribution in [1.82, 2.24) is 9.78 Å². The van der Waals surface area contributed by atoms with E-state index in [2.05, 4.69) is 21.0 Å². The number of halogens is 1. The van der Waals surface area contributed by atoms with E-state index in [9.17, 15) is 9.90 Å². The van der Waals surface area contributed by atoms with Gasteiger partial charge in [0.05, 0.1) is 18.5 Å². The Balaban J connectivity index is 2.27. The molecule has 0 aliphatic rings. The number of rotatable bonds is 5. The molecule has 5 nitrogen and oxygen atoms in total. The summed E-state index contributed by atoms with van der Waals surface area (Å²) in [5, 5.41) is 14.4. The molecule has 0 saturated carbocycles. The topological polar surface area (TPSA) is 64.3 Å². The molecular formula is C19H17BrN2O3. The van der Waals surface area contributed by atoms with Gasteiger partial charge in [0.25, 0.3) is 0 Å². The zero-order chi connectivity index (χ0) is 18.0. The van der Waals surface area contributed by atoms with Crippen LogP contribution in [0.25, 0.3) is 16.9 Å². The number of carbonyl (C=O) groups is 1. The fourth-order valence-electron chi connectivity index (χ4n) is 2.80. The highest BCUT2D eigenvalue weighted by molar-refractivity contribution is 9.10. The summed E-state index contributed by atoms with van der Waals surface area (Å²) < 4.78 is 7.85. The number of methoxy groups -OCH3 is 1. The minimum Gasteiger partial charge on any atom is -0.497 e. The van der Waals surface area contributed by atoms with Gasteiger partial charge in [-0.05, 0) is 36.8 Å². The molecule has 0 saturated heterocycles. The fraction of sp³-hybridized carbons (Fsp3) is 0.158. The second kappa shape index (κ2) is 7.11. The molecule has 1 aromatic heterocycles. The molecule has 0 aliphatic carbocycles. The van der Waals surface area contributed by atoms with Crippen molar-refractivity contribution in [2.24, 2.45) is 0 Å². The van der Waals surface area contributed by atoms with Crippen molar-refractivity contribution in [3.8, 4) is 22.7 Å². The second-order valence-corrected chi connectivity index (χ2v) is 6.37. The lowest BCUT2D eigenvalue weighted by atomic mass is 10.0. The molecule has 128 valence electrons. The number of nitrogens with zero attached hydrogens (tertiary/aromatic N) is 2. The van der Waals surface area contributed by atoms with Crippen molar-refractivity contribution in [1.29, 1.82) is 0 Å². The molecule has 0 unspecified atom stereocenters. The average molecular weight is 401 g/mol. The highest BCUT2D eigenvalue weighted by Gasteiger charge is 2.24. The summed E-state index contributed by atoms with van der Waals surface area (Å²) in [6.45, 7) is 1.92. The van der Waals surface area contributed by atoms with Gasteiger partial charge in [-0.1, -0.05) is 41.1 Å². The van der Waals surface area contributed by atoms with Crippen molar-refractivity contribution < 1.29 is 14.6 Å². The van der Waals surface area contributed by atoms with Gasteiger partial charge in [0, 0.05) is 10.0 Å². The maximum atomic E-state index is 11.9. The van der Waals surface area contributed by atoms with E-state index in [0.717, 1.165) is 10.2 Å². The van der Waals surface area contributed by atoms with E-state index in [1.165, 1.54) is 0 Å². The fourth-order valence-corrected chi connectivity index (χ4v) is 3.19. The number of aromatic nitrogens is 2. The Morgan fingerprint density at radius 3 is 2.64 bits per heavy atom. The van der Waals surface area contributed by atoms with E-state index < -0.39 is 5.97 Å². The van der Waals surface area contributed by atoms with E-state index in [-0.39, 0.29) is 5.56 Å². The van der Waals surface area contributed by atoms with E-state index in [1.807, 2.05) is 49.4 Å². The molecule has 1 heterocycles. The van der Waals surface area contributed by atoms with Crippen LogP contribution in [0.4, 0.5) is 0 Å². The molecular weight excluding hydrogens is 384 g/mol. The first-order valence-corrected chi connectivity index (χ1v) is 8.60. The van der Waals surface area contributed by atoms with E-state index in [0.29, 0.717) is 29.1 Å². The smallest absolute Gasteiger partial charge is 0.339 e. The molecule has 3 aromatic rings. The molecule has 25 heavy (non-hydrogen) atoms. The first-order valence-electron chi connectivity index (χ1n) is 7.80. The Labute approximate surface area is 154 Å². The molecule has 1 N–H and O–H groups in total. The number of benzene rings is 2. The minimum absolute atomic E-state index is 0.218. The Morgan fingerprint density at radius 1 is 1.24 bits per heavy atom. The van der Waals surface area contributed by atoms with Gasteiger partial charge in [-0.3, -0.25) is 0 Å². The largest absolute Gasteiger partial charge is 0.497 e. The molecule has 0 spiro atoms. The van der Waals surface area contributed by atoms with Crippen molar-refractivity contribution in [2.45, 2.75) is 13.3 Å². The quantitative estimate of drug-likeness (QED) is 0.680. The Hall–Kier alpha value is -2.60. The van der Waals surface area contributed by atoms with Crippen LogP contribution in [0.1, 0.15) is 23.0 Å². The summed E-state index contributed by atoms with van der Waals surface area (Å²) in [6.07, 6.45) is 0.547. The molecule has 0 bridgehead atoms. The van der Waals surface area contributed by atoms with Gasteiger partial charge >= 0.3 is 5.97 Å². The number of ether oxygens (including phenoxy) is 1. The first kappa shape index (κ1) is 17.2. The van der Waals surface area contributed by atoms with Crippen LogP contribution in [-0.4, -0.2) is 28.0 Å². The zero-order valence-electron chi connectivity index (χ0n) is 13.9. The molecule has 2 aromatic carbocycles. The predicted octanol–water partition coefficient (Wildman–Crippen LogP) is 4.57. The number of carboxylic acids is 1. The van der Waals surface area contributed by atoms with Crippen molar-refractivity contribution in [3.05, 3.63) is 64.3 Å². The van der Waals surface area contributed by atoms with Gasteiger partial charge in [0.2, 0.25) is 0 Å². The lowest BCUT2D eigenvalue weighted by Gasteiger charge is -2.06. The van der Waals surface area contributed by atoms with E-state index >= 15 is 0 Å². The van der Waals surface area contributed by atoms with Crippen molar-refractivity contribution in [3.63, 3.8) is 0 Å². The Kier molecular flexibility index (Phi) is 4.90. The van der Waals surface area contributed by atoms with Crippen molar-refractivity contribution in [2.75, 3.05) is 7.11 Å². The number of hydrogen-bond acceptors (Lipinski definition) is 3. The number of hydrogen-bond donors (Lipinski definition) is 1. The van der Waals surface area contributed by atoms with Crippen LogP contribution in [0.3, 0.4) is 0 Å². The van der Waals surface area contributed by atoms with Gasteiger partial charge < -0.3 is 9.84 Å². The zero-order valence-corrected chi connectivity index (χ0v) is 15.4. The van der Waals surface area contributed by atoms with Gasteiger partial charge in [-0.15, -0.1) is 0 Å². The molecule has 0 amide bonds. The highest BCUT2D eigenvalue weighted by Crippen LogP contribution is 2.30. The summed E-state index contributed by atoms with van der Waals surface area (Å²) in [6, 6.07) is 14.9. The maximum absolute atomic E-state index is 11.9. The Morgan fingerprint density at radius 2 is 2.00 bits per heavy atom. The van der Waals surface area contributed by atoms with Crippen LogP contribution in [-0.2, 0) is 6.42 Å². The monoisotopic (exact) mass is 400 g/mol. The minimum atomic E-state index is -0.990. The van der Waals surface area contributed by atoms with Crippen LogP contribution in [0.2, 0.25) is 0 Å². The van der Waals surface area contributed by atoms with Gasteiger partial charge in [0.1, 0.15) is 17.0 Å². The van der Waals surface area contributed by atoms with Crippen LogP contribution < -0.4 is 4.74 Å². The predicted molar refractivity (Wildman–Crippen MR) is 99.6 cm³/mol. The summed E-state index contributed by atoms with van der Waals surface area (Å²) >= 11 is 3.45. The summed E-state index contributed by atoms with van der Waals surface area (Å²) in [5.74, 6) is -0.334. The summed E-state index contributed by atoms with van der Waals surface area (Å²) in [5.41, 5.74) is 2.82. The molecule has 3 rings (SSSR count). The van der Waals surface area contributed by atoms with Crippen LogP contribution >= 0.6 is 15.9 Å². The SMILES string of the molecule is CCc1c(C(=O)O)c(-c2cccc(OC)c2)nn1-c1cccc(Br)c1. The third-order valence-corrected chi connectivity index (χ3v) is 4.42. The molecule has 0 atom stereocenters. The third-order valence-electron chi connectivity index (χ3n) is 3.93. The van der Waals surface area contributed by atoms with Gasteiger partial charge in [0.15, 0.2) is 0 Å². The average Bonchev–Trinajstić information content (AvgIpc) is 3.01. The molecule has 0 fully saturated rings. The second-order valence-electron chi connectivity index (χ2n) is 5.45. The summed E-state index contributed by atoms with van der Waals surface area (Å²) in [4.78, 5) is 11.9. The first-order chi connectivity index (χ1) is 12.0. The van der Waals surface area contributed by atoms with Crippen LogP contribution in [0, 0.1) is 0 Å². The lowest BCUT2D eigenvalue weighted by Crippen LogP contribution is -2.05. The molecule has 0 aliphatic heterocycles. The van der Waals surface area contributed by atoms with Gasteiger partial charge in [-0.2, -0.15) is 5.10 Å². The van der Waals surface area contributed by atoms with E-state index in [1.54, 1.807) is 17.9 Å². The molecule has 6 heteroatoms. The lowest BCUT2D eigenvalue weighted by molar-refractivity contribution is 0.0696. The molecule has 0 radical (unpaired) electrons. The number of aromatic carboxylic acids is 1. The maximum Gasteiger partial charge on any atom is 0.339 e. The van der Waals surface area contributed by atoms with Crippen LogP contribution in [0.15, 0.2) is 53.0 Å².